The third kappa shape index (κ3) is 3.29. The van der Waals surface area contributed by atoms with Crippen LogP contribution in [0.15, 0.2) is 18.6 Å². The highest BCUT2D eigenvalue weighted by atomic mass is 16.5. The number of carbonyl (C=O) groups is 1. The number of ether oxygens (including phenoxy) is 1. The zero-order chi connectivity index (χ0) is 16.4. The van der Waals surface area contributed by atoms with Crippen molar-refractivity contribution in [3.05, 3.63) is 35.9 Å². The van der Waals surface area contributed by atoms with Gasteiger partial charge >= 0.3 is 0 Å². The van der Waals surface area contributed by atoms with Gasteiger partial charge in [0, 0.05) is 38.6 Å². The van der Waals surface area contributed by atoms with Crippen molar-refractivity contribution >= 4 is 5.91 Å². The smallest absolute Gasteiger partial charge is 0.242 e. The number of hydrogen-bond acceptors (Lipinski definition) is 4. The Morgan fingerprint density at radius 3 is 3.00 bits per heavy atom. The number of morpholine rings is 1. The van der Waals surface area contributed by atoms with Gasteiger partial charge in [-0.05, 0) is 6.92 Å². The van der Waals surface area contributed by atoms with Crippen molar-refractivity contribution in [3.8, 4) is 0 Å². The monoisotopic (exact) mass is 317 g/mol. The summed E-state index contributed by atoms with van der Waals surface area (Å²) in [6, 6.07) is 0. The van der Waals surface area contributed by atoms with Gasteiger partial charge in [0.05, 0.1) is 18.8 Å². The largest absolute Gasteiger partial charge is 0.367 e. The molecule has 23 heavy (non-hydrogen) atoms. The Labute approximate surface area is 135 Å². The van der Waals surface area contributed by atoms with Gasteiger partial charge in [0.15, 0.2) is 0 Å². The highest BCUT2D eigenvalue weighted by Crippen LogP contribution is 2.21. The molecule has 2 aromatic heterocycles. The Kier molecular flexibility index (Phi) is 4.47. The van der Waals surface area contributed by atoms with Gasteiger partial charge in [-0.3, -0.25) is 4.79 Å². The van der Waals surface area contributed by atoms with Crippen molar-refractivity contribution < 1.29 is 9.53 Å². The molecular formula is C16H23N5O2. The minimum Gasteiger partial charge on any atom is -0.367 e. The predicted octanol–water partition coefficient (Wildman–Crippen LogP) is 1.09. The molecule has 1 aliphatic heterocycles. The molecule has 7 nitrogen and oxygen atoms in total. The molecule has 3 heterocycles. The lowest BCUT2D eigenvalue weighted by Crippen LogP contribution is -2.44. The van der Waals surface area contributed by atoms with Gasteiger partial charge in [0.25, 0.3) is 0 Å². The Balaban J connectivity index is 1.68. The maximum absolute atomic E-state index is 12.6. The third-order valence-electron chi connectivity index (χ3n) is 4.16. The fraction of sp³-hybridized carbons (Fsp3) is 0.562. The molecule has 2 aromatic rings. The summed E-state index contributed by atoms with van der Waals surface area (Å²) in [5.41, 5.74) is 0.959. The maximum atomic E-state index is 12.6. The van der Waals surface area contributed by atoms with E-state index in [-0.39, 0.29) is 12.0 Å². The Bertz CT molecular complexity index is 690. The first-order valence-corrected chi connectivity index (χ1v) is 7.97. The Hall–Kier alpha value is -2.15. The van der Waals surface area contributed by atoms with E-state index in [1.54, 1.807) is 6.20 Å². The minimum atomic E-state index is -0.167. The standard InChI is InChI=1S/C16H23N5O2/c1-4-14-17-5-6-20(14)11-15(22)21-7-8-23-13(10-21)16-18-12(2)9-19(16)3/h5-6,9,13H,4,7-8,10-11H2,1-3H3/t13-/m0/s1. The molecule has 0 spiro atoms. The lowest BCUT2D eigenvalue weighted by molar-refractivity contribution is -0.140. The molecule has 1 saturated heterocycles. The van der Waals surface area contributed by atoms with Crippen LogP contribution in [0, 0.1) is 6.92 Å². The zero-order valence-electron chi connectivity index (χ0n) is 13.9. The normalized spacial score (nSPS) is 18.4. The third-order valence-corrected chi connectivity index (χ3v) is 4.16. The number of hydrogen-bond donors (Lipinski definition) is 0. The van der Waals surface area contributed by atoms with Crippen LogP contribution in [0.5, 0.6) is 0 Å². The van der Waals surface area contributed by atoms with Gasteiger partial charge < -0.3 is 18.8 Å². The second-order valence-electron chi connectivity index (χ2n) is 5.88. The van der Waals surface area contributed by atoms with Crippen LogP contribution in [-0.2, 0) is 29.5 Å². The van der Waals surface area contributed by atoms with E-state index in [4.69, 9.17) is 4.74 Å². The van der Waals surface area contributed by atoms with Crippen LogP contribution >= 0.6 is 0 Å². The summed E-state index contributed by atoms with van der Waals surface area (Å²) in [7, 11) is 1.96. The van der Waals surface area contributed by atoms with Crippen LogP contribution in [0.25, 0.3) is 0 Å². The van der Waals surface area contributed by atoms with E-state index in [9.17, 15) is 4.79 Å². The van der Waals surface area contributed by atoms with Crippen molar-refractivity contribution in [1.82, 2.24) is 24.0 Å². The van der Waals surface area contributed by atoms with Crippen LogP contribution in [0.4, 0.5) is 0 Å². The van der Waals surface area contributed by atoms with E-state index in [0.717, 1.165) is 23.8 Å². The van der Waals surface area contributed by atoms with Crippen molar-refractivity contribution in [3.63, 3.8) is 0 Å². The molecule has 0 radical (unpaired) electrons. The molecular weight excluding hydrogens is 294 g/mol. The van der Waals surface area contributed by atoms with Crippen LogP contribution in [0.1, 0.15) is 30.4 Å². The molecule has 0 N–H and O–H groups in total. The first kappa shape index (κ1) is 15.7. The molecule has 1 atom stereocenters. The molecule has 0 unspecified atom stereocenters. The number of nitrogens with zero attached hydrogens (tertiary/aromatic N) is 5. The summed E-state index contributed by atoms with van der Waals surface area (Å²) in [5.74, 6) is 1.90. The van der Waals surface area contributed by atoms with Crippen molar-refractivity contribution in [2.75, 3.05) is 19.7 Å². The molecule has 3 rings (SSSR count). The van der Waals surface area contributed by atoms with Crippen LogP contribution in [0.2, 0.25) is 0 Å². The molecule has 124 valence electrons. The van der Waals surface area contributed by atoms with Gasteiger partial charge in [0.2, 0.25) is 5.91 Å². The first-order valence-electron chi connectivity index (χ1n) is 7.97. The summed E-state index contributed by atoms with van der Waals surface area (Å²) in [6.07, 6.45) is 6.22. The minimum absolute atomic E-state index is 0.0944. The number of amides is 1. The van der Waals surface area contributed by atoms with Gasteiger partial charge in [-0.15, -0.1) is 0 Å². The van der Waals surface area contributed by atoms with E-state index in [0.29, 0.717) is 26.2 Å². The van der Waals surface area contributed by atoms with Crippen molar-refractivity contribution in [2.45, 2.75) is 32.9 Å². The molecule has 0 aromatic carbocycles. The summed E-state index contributed by atoms with van der Waals surface area (Å²) in [6.45, 7) is 6.02. The lowest BCUT2D eigenvalue weighted by Gasteiger charge is -2.32. The van der Waals surface area contributed by atoms with Gasteiger partial charge in [-0.1, -0.05) is 6.92 Å². The average Bonchev–Trinajstić information content (AvgIpc) is 3.13. The number of aromatic nitrogens is 4. The topological polar surface area (TPSA) is 65.2 Å². The second-order valence-corrected chi connectivity index (χ2v) is 5.88. The molecule has 0 bridgehead atoms. The van der Waals surface area contributed by atoms with Gasteiger partial charge in [-0.2, -0.15) is 0 Å². The highest BCUT2D eigenvalue weighted by molar-refractivity contribution is 5.76. The lowest BCUT2D eigenvalue weighted by atomic mass is 10.2. The summed E-state index contributed by atoms with van der Waals surface area (Å²) < 4.78 is 9.71. The molecule has 1 aliphatic rings. The molecule has 7 heteroatoms. The van der Waals surface area contributed by atoms with Crippen molar-refractivity contribution in [2.24, 2.45) is 7.05 Å². The van der Waals surface area contributed by atoms with E-state index in [1.807, 2.05) is 47.3 Å². The summed E-state index contributed by atoms with van der Waals surface area (Å²) in [4.78, 5) is 23.2. The molecule has 0 saturated carbocycles. The Morgan fingerprint density at radius 1 is 1.48 bits per heavy atom. The van der Waals surface area contributed by atoms with E-state index in [2.05, 4.69) is 9.97 Å². The van der Waals surface area contributed by atoms with E-state index in [1.165, 1.54) is 0 Å². The van der Waals surface area contributed by atoms with E-state index < -0.39 is 0 Å². The number of aryl methyl sites for hydroxylation is 3. The Morgan fingerprint density at radius 2 is 2.30 bits per heavy atom. The number of imidazole rings is 2. The van der Waals surface area contributed by atoms with Gasteiger partial charge in [0.1, 0.15) is 24.3 Å². The van der Waals surface area contributed by atoms with Crippen LogP contribution in [0.3, 0.4) is 0 Å². The quantitative estimate of drug-likeness (QED) is 0.847. The average molecular weight is 317 g/mol. The second kappa shape index (κ2) is 6.54. The summed E-state index contributed by atoms with van der Waals surface area (Å²) >= 11 is 0. The fourth-order valence-electron chi connectivity index (χ4n) is 3.01. The molecule has 0 aliphatic carbocycles. The fourth-order valence-corrected chi connectivity index (χ4v) is 3.01. The zero-order valence-corrected chi connectivity index (χ0v) is 13.9. The van der Waals surface area contributed by atoms with E-state index >= 15 is 0 Å². The van der Waals surface area contributed by atoms with Crippen LogP contribution < -0.4 is 0 Å². The van der Waals surface area contributed by atoms with Gasteiger partial charge in [-0.25, -0.2) is 9.97 Å². The number of carbonyl (C=O) groups excluding carboxylic acids is 1. The summed E-state index contributed by atoms with van der Waals surface area (Å²) in [5, 5.41) is 0. The van der Waals surface area contributed by atoms with Crippen LogP contribution in [-0.4, -0.2) is 49.6 Å². The SMILES string of the molecule is CCc1nccn1CC(=O)N1CCO[C@H](c2nc(C)cn2C)C1. The molecule has 1 fully saturated rings. The van der Waals surface area contributed by atoms with Crippen molar-refractivity contribution in [1.29, 1.82) is 0 Å². The predicted molar refractivity (Wildman–Crippen MR) is 84.8 cm³/mol. The molecule has 1 amide bonds. The first-order chi connectivity index (χ1) is 11.1. The number of rotatable bonds is 4. The highest BCUT2D eigenvalue weighted by Gasteiger charge is 2.28. The maximum Gasteiger partial charge on any atom is 0.242 e.